The summed E-state index contributed by atoms with van der Waals surface area (Å²) in [5.41, 5.74) is 8.38. The zero-order valence-electron chi connectivity index (χ0n) is 14.7. The lowest BCUT2D eigenvalue weighted by molar-refractivity contribution is 0.174. The van der Waals surface area contributed by atoms with Crippen molar-refractivity contribution in [2.75, 3.05) is 0 Å². The monoisotopic (exact) mass is 351 g/mol. The van der Waals surface area contributed by atoms with Gasteiger partial charge in [0, 0.05) is 0 Å². The molecule has 1 aliphatic carbocycles. The second-order valence-corrected chi connectivity index (χ2v) is 6.90. The summed E-state index contributed by atoms with van der Waals surface area (Å²) in [4.78, 5) is 4.44. The molecule has 0 spiro atoms. The van der Waals surface area contributed by atoms with Crippen LogP contribution in [0.2, 0.25) is 0 Å². The summed E-state index contributed by atoms with van der Waals surface area (Å²) < 4.78 is 11.3. The number of halogens is 1. The number of hydrogen-bond donors (Lipinski definition) is 1. The minimum absolute atomic E-state index is 0. The van der Waals surface area contributed by atoms with Crippen molar-refractivity contribution in [3.8, 4) is 5.75 Å². The van der Waals surface area contributed by atoms with Crippen molar-refractivity contribution in [3.05, 3.63) is 41.0 Å². The van der Waals surface area contributed by atoms with Crippen LogP contribution < -0.4 is 10.5 Å². The quantitative estimate of drug-likeness (QED) is 0.864. The van der Waals surface area contributed by atoms with Gasteiger partial charge in [-0.25, -0.2) is 0 Å². The van der Waals surface area contributed by atoms with E-state index in [4.69, 9.17) is 15.0 Å². The molecule has 2 aromatic rings. The van der Waals surface area contributed by atoms with Crippen molar-refractivity contribution < 1.29 is 9.26 Å². The first-order valence-corrected chi connectivity index (χ1v) is 8.29. The second kappa shape index (κ2) is 7.11. The molecular formula is C18H26ClN3O2. The molecule has 2 N–H and O–H groups in total. The number of benzene rings is 1. The Morgan fingerprint density at radius 2 is 1.96 bits per heavy atom. The summed E-state index contributed by atoms with van der Waals surface area (Å²) in [5.74, 6) is 2.39. The largest absolute Gasteiger partial charge is 0.481 e. The molecule has 1 aliphatic rings. The van der Waals surface area contributed by atoms with Crippen LogP contribution in [-0.4, -0.2) is 10.1 Å². The molecule has 0 bridgehead atoms. The molecule has 1 heterocycles. The smallest absolute Gasteiger partial charge is 0.267 e. The van der Waals surface area contributed by atoms with E-state index in [9.17, 15) is 0 Å². The summed E-state index contributed by atoms with van der Waals surface area (Å²) in [7, 11) is 0. The molecule has 1 aromatic carbocycles. The molecule has 1 atom stereocenters. The summed E-state index contributed by atoms with van der Waals surface area (Å²) in [5, 5.41) is 4.04. The van der Waals surface area contributed by atoms with Crippen molar-refractivity contribution in [2.24, 2.45) is 5.73 Å². The summed E-state index contributed by atoms with van der Waals surface area (Å²) >= 11 is 0. The number of hydrogen-bond acceptors (Lipinski definition) is 5. The molecule has 0 amide bonds. The van der Waals surface area contributed by atoms with E-state index in [2.05, 4.69) is 43.0 Å². The highest BCUT2D eigenvalue weighted by Crippen LogP contribution is 2.37. The minimum atomic E-state index is -0.406. The first-order chi connectivity index (χ1) is 10.9. The van der Waals surface area contributed by atoms with Crippen molar-refractivity contribution in [3.63, 3.8) is 0 Å². The van der Waals surface area contributed by atoms with Crippen LogP contribution in [0.1, 0.15) is 74.9 Å². The van der Waals surface area contributed by atoms with Gasteiger partial charge in [-0.3, -0.25) is 0 Å². The van der Waals surface area contributed by atoms with E-state index in [1.165, 1.54) is 11.1 Å². The first kappa shape index (κ1) is 18.7. The molecule has 3 rings (SSSR count). The maximum atomic E-state index is 6.23. The van der Waals surface area contributed by atoms with Gasteiger partial charge < -0.3 is 15.0 Å². The van der Waals surface area contributed by atoms with E-state index in [1.807, 2.05) is 13.0 Å². The Morgan fingerprint density at radius 1 is 1.25 bits per heavy atom. The molecule has 0 saturated heterocycles. The first-order valence-electron chi connectivity index (χ1n) is 8.29. The van der Waals surface area contributed by atoms with Crippen molar-refractivity contribution in [2.45, 2.75) is 64.5 Å². The van der Waals surface area contributed by atoms with Gasteiger partial charge in [0.1, 0.15) is 5.75 Å². The highest BCUT2D eigenvalue weighted by Gasteiger charge is 2.39. The Kier molecular flexibility index (Phi) is 5.56. The molecule has 1 fully saturated rings. The van der Waals surface area contributed by atoms with Crippen molar-refractivity contribution in [1.82, 2.24) is 10.1 Å². The predicted molar refractivity (Wildman–Crippen MR) is 95.6 cm³/mol. The van der Waals surface area contributed by atoms with Gasteiger partial charge in [-0.2, -0.15) is 4.98 Å². The van der Waals surface area contributed by atoms with E-state index >= 15 is 0 Å². The highest BCUT2D eigenvalue weighted by molar-refractivity contribution is 5.85. The number of nitrogens with two attached hydrogens (primary N) is 1. The fraction of sp³-hybridized carbons (Fsp3) is 0.556. The number of aromatic nitrogens is 2. The van der Waals surface area contributed by atoms with Crippen LogP contribution in [0.25, 0.3) is 0 Å². The van der Waals surface area contributed by atoms with Gasteiger partial charge in [0.25, 0.3) is 5.89 Å². The highest BCUT2D eigenvalue weighted by atomic mass is 35.5. The predicted octanol–water partition coefficient (Wildman–Crippen LogP) is 4.40. The SMILES string of the molecule is Cc1cc(OC(C)c2nc(C3(N)CCC3)no2)ccc1C(C)C.Cl. The van der Waals surface area contributed by atoms with Crippen LogP contribution in [0, 0.1) is 6.92 Å². The summed E-state index contributed by atoms with van der Waals surface area (Å²) in [6.45, 7) is 8.39. The van der Waals surface area contributed by atoms with Crippen LogP contribution in [0.3, 0.4) is 0 Å². The standard InChI is InChI=1S/C18H25N3O2.ClH/c1-11(2)15-7-6-14(10-12(15)3)22-13(4)16-20-17(21-23-16)18(19)8-5-9-18;/h6-7,10-11,13H,5,8-9,19H2,1-4H3;1H. The van der Waals surface area contributed by atoms with Gasteiger partial charge in [-0.1, -0.05) is 25.1 Å². The van der Waals surface area contributed by atoms with Crippen LogP contribution in [0.4, 0.5) is 0 Å². The molecule has 1 aromatic heterocycles. The van der Waals surface area contributed by atoms with Gasteiger partial charge in [0.05, 0.1) is 5.54 Å². The lowest BCUT2D eigenvalue weighted by Gasteiger charge is -2.34. The molecule has 5 nitrogen and oxygen atoms in total. The molecule has 6 heteroatoms. The minimum Gasteiger partial charge on any atom is -0.481 e. The number of aryl methyl sites for hydroxylation is 1. The zero-order chi connectivity index (χ0) is 16.6. The van der Waals surface area contributed by atoms with E-state index < -0.39 is 5.54 Å². The summed E-state index contributed by atoms with van der Waals surface area (Å²) in [6.07, 6.45) is 2.64. The topological polar surface area (TPSA) is 74.2 Å². The Hall–Kier alpha value is -1.59. The Labute approximate surface area is 149 Å². The van der Waals surface area contributed by atoms with Gasteiger partial charge in [-0.15, -0.1) is 12.4 Å². The van der Waals surface area contributed by atoms with Crippen LogP contribution in [0.5, 0.6) is 5.75 Å². The maximum absolute atomic E-state index is 6.23. The second-order valence-electron chi connectivity index (χ2n) is 6.90. The van der Waals surface area contributed by atoms with Crippen LogP contribution in [0.15, 0.2) is 22.7 Å². The average Bonchev–Trinajstić information content (AvgIpc) is 2.94. The molecular weight excluding hydrogens is 326 g/mol. The lowest BCUT2D eigenvalue weighted by Crippen LogP contribution is -2.44. The van der Waals surface area contributed by atoms with Gasteiger partial charge in [0.15, 0.2) is 11.9 Å². The molecule has 0 aliphatic heterocycles. The fourth-order valence-corrected chi connectivity index (χ4v) is 3.01. The van der Waals surface area contributed by atoms with Gasteiger partial charge in [-0.05, 0) is 62.3 Å². The van der Waals surface area contributed by atoms with Gasteiger partial charge in [0.2, 0.25) is 0 Å². The van der Waals surface area contributed by atoms with Crippen LogP contribution in [-0.2, 0) is 5.54 Å². The average molecular weight is 352 g/mol. The Morgan fingerprint density at radius 3 is 2.50 bits per heavy atom. The third-order valence-corrected chi connectivity index (χ3v) is 4.66. The van der Waals surface area contributed by atoms with Crippen molar-refractivity contribution in [1.29, 1.82) is 0 Å². The molecule has 1 saturated carbocycles. The molecule has 132 valence electrons. The van der Waals surface area contributed by atoms with E-state index in [0.29, 0.717) is 17.6 Å². The number of nitrogens with zero attached hydrogens (tertiary/aromatic N) is 2. The molecule has 24 heavy (non-hydrogen) atoms. The number of ether oxygens (including phenoxy) is 1. The number of rotatable bonds is 5. The van der Waals surface area contributed by atoms with E-state index in [0.717, 1.165) is 25.0 Å². The maximum Gasteiger partial charge on any atom is 0.267 e. The molecule has 1 unspecified atom stereocenters. The van der Waals surface area contributed by atoms with E-state index in [-0.39, 0.29) is 18.5 Å². The fourth-order valence-electron chi connectivity index (χ4n) is 3.01. The zero-order valence-corrected chi connectivity index (χ0v) is 15.5. The Balaban J connectivity index is 0.00000208. The van der Waals surface area contributed by atoms with Gasteiger partial charge >= 0.3 is 0 Å². The third kappa shape index (κ3) is 3.57. The van der Waals surface area contributed by atoms with Crippen LogP contribution >= 0.6 is 12.4 Å². The third-order valence-electron chi connectivity index (χ3n) is 4.66. The Bertz CT molecular complexity index is 695. The normalized spacial score (nSPS) is 17.1. The lowest BCUT2D eigenvalue weighted by atomic mass is 9.77. The molecule has 0 radical (unpaired) electrons. The van der Waals surface area contributed by atoms with Crippen molar-refractivity contribution >= 4 is 12.4 Å². The summed E-state index contributed by atoms with van der Waals surface area (Å²) in [6, 6.07) is 6.16. The van der Waals surface area contributed by atoms with E-state index in [1.54, 1.807) is 0 Å².